The van der Waals surface area contributed by atoms with Crippen LogP contribution in [0.4, 0.5) is 5.69 Å². The number of aryl methyl sites for hydroxylation is 1. The monoisotopic (exact) mass is 343 g/mol. The predicted octanol–water partition coefficient (Wildman–Crippen LogP) is 4.28. The first-order chi connectivity index (χ1) is 10.0. The fraction of sp³-hybridized carbons (Fsp3) is 0.0667. The van der Waals surface area contributed by atoms with E-state index >= 15 is 0 Å². The smallest absolute Gasteiger partial charge is 0.258 e. The highest BCUT2D eigenvalue weighted by Crippen LogP contribution is 2.26. The lowest BCUT2D eigenvalue weighted by atomic mass is 10.1. The molecule has 0 atom stereocenters. The summed E-state index contributed by atoms with van der Waals surface area (Å²) in [5.41, 5.74) is 3.64. The largest absolute Gasteiger partial charge is 0.271 e. The van der Waals surface area contributed by atoms with E-state index in [0.29, 0.717) is 11.0 Å². The van der Waals surface area contributed by atoms with Gasteiger partial charge in [0, 0.05) is 22.2 Å². The lowest BCUT2D eigenvalue weighted by Gasteiger charge is -2.07. The summed E-state index contributed by atoms with van der Waals surface area (Å²) in [4.78, 5) is 19.4. The van der Waals surface area contributed by atoms with E-state index < -0.39 is 4.92 Å². The highest BCUT2D eigenvalue weighted by molar-refractivity contribution is 9.10. The van der Waals surface area contributed by atoms with E-state index in [-0.39, 0.29) is 5.69 Å². The van der Waals surface area contributed by atoms with Gasteiger partial charge in [0.05, 0.1) is 27.3 Å². The van der Waals surface area contributed by atoms with Crippen LogP contribution in [-0.2, 0) is 0 Å². The van der Waals surface area contributed by atoms with Crippen LogP contribution in [-0.4, -0.2) is 14.9 Å². The van der Waals surface area contributed by atoms with E-state index in [1.54, 1.807) is 6.07 Å². The number of nitrogens with zero attached hydrogens (tertiary/aromatic N) is 3. The van der Waals surface area contributed by atoms with Crippen LogP contribution in [0.1, 0.15) is 5.69 Å². The van der Waals surface area contributed by atoms with Crippen LogP contribution in [0.15, 0.2) is 46.9 Å². The predicted molar refractivity (Wildman–Crippen MR) is 84.1 cm³/mol. The van der Waals surface area contributed by atoms with Crippen molar-refractivity contribution in [3.05, 3.63) is 62.7 Å². The van der Waals surface area contributed by atoms with Crippen LogP contribution in [0.5, 0.6) is 0 Å². The van der Waals surface area contributed by atoms with Crippen molar-refractivity contribution >= 4 is 32.7 Å². The summed E-state index contributed by atoms with van der Waals surface area (Å²) in [6.07, 6.45) is 0. The Balaban J connectivity index is 2.20. The van der Waals surface area contributed by atoms with Crippen molar-refractivity contribution in [2.24, 2.45) is 0 Å². The number of fused-ring (bicyclic) bond motifs is 1. The third kappa shape index (κ3) is 2.62. The van der Waals surface area contributed by atoms with E-state index in [2.05, 4.69) is 25.9 Å². The van der Waals surface area contributed by atoms with Crippen LogP contribution in [0.2, 0.25) is 0 Å². The minimum Gasteiger partial charge on any atom is -0.258 e. The van der Waals surface area contributed by atoms with Gasteiger partial charge in [-0.2, -0.15) is 0 Å². The molecule has 0 saturated heterocycles. The van der Waals surface area contributed by atoms with Gasteiger partial charge in [-0.3, -0.25) is 10.1 Å². The number of halogens is 1. The molecule has 21 heavy (non-hydrogen) atoms. The number of hydrogen-bond donors (Lipinski definition) is 0. The second-order valence-corrected chi connectivity index (χ2v) is 5.51. The maximum absolute atomic E-state index is 10.9. The summed E-state index contributed by atoms with van der Waals surface area (Å²) >= 11 is 3.39. The average molecular weight is 344 g/mol. The molecule has 0 fully saturated rings. The van der Waals surface area contributed by atoms with Gasteiger partial charge in [0.2, 0.25) is 0 Å². The van der Waals surface area contributed by atoms with Gasteiger partial charge in [-0.05, 0) is 25.1 Å². The van der Waals surface area contributed by atoms with Crippen molar-refractivity contribution in [1.82, 2.24) is 9.97 Å². The van der Waals surface area contributed by atoms with Crippen LogP contribution in [0.25, 0.3) is 22.3 Å². The summed E-state index contributed by atoms with van der Waals surface area (Å²) in [6, 6.07) is 12.2. The fourth-order valence-electron chi connectivity index (χ4n) is 2.13. The second kappa shape index (κ2) is 5.21. The van der Waals surface area contributed by atoms with Crippen molar-refractivity contribution < 1.29 is 4.92 Å². The average Bonchev–Trinajstić information content (AvgIpc) is 2.47. The molecule has 0 unspecified atom stereocenters. The first kappa shape index (κ1) is 13.6. The third-order valence-electron chi connectivity index (χ3n) is 3.15. The van der Waals surface area contributed by atoms with Crippen molar-refractivity contribution in [3.8, 4) is 11.3 Å². The van der Waals surface area contributed by atoms with Gasteiger partial charge in [0.1, 0.15) is 0 Å². The zero-order valence-electron chi connectivity index (χ0n) is 11.1. The third-order valence-corrected chi connectivity index (χ3v) is 3.68. The van der Waals surface area contributed by atoms with Crippen molar-refractivity contribution in [3.63, 3.8) is 0 Å². The first-order valence-corrected chi connectivity index (χ1v) is 7.02. The lowest BCUT2D eigenvalue weighted by molar-refractivity contribution is -0.384. The number of benzene rings is 2. The zero-order valence-corrected chi connectivity index (χ0v) is 12.7. The Labute approximate surface area is 128 Å². The molecule has 0 aliphatic rings. The van der Waals surface area contributed by atoms with E-state index in [4.69, 9.17) is 0 Å². The van der Waals surface area contributed by atoms with Crippen LogP contribution in [0, 0.1) is 17.0 Å². The SMILES string of the molecule is Cc1nc2ccc([N+](=O)[O-])cc2nc1-c1ccc(Br)cc1. The molecule has 5 nitrogen and oxygen atoms in total. The maximum atomic E-state index is 10.9. The Kier molecular flexibility index (Phi) is 3.39. The molecule has 6 heteroatoms. The van der Waals surface area contributed by atoms with E-state index in [1.165, 1.54) is 12.1 Å². The van der Waals surface area contributed by atoms with E-state index in [0.717, 1.165) is 21.4 Å². The number of hydrogen-bond acceptors (Lipinski definition) is 4. The van der Waals surface area contributed by atoms with E-state index in [1.807, 2.05) is 31.2 Å². The Morgan fingerprint density at radius 3 is 2.43 bits per heavy atom. The summed E-state index contributed by atoms with van der Waals surface area (Å²) in [6.45, 7) is 1.88. The number of nitro groups is 1. The quantitative estimate of drug-likeness (QED) is 0.514. The highest BCUT2D eigenvalue weighted by Gasteiger charge is 2.11. The molecule has 0 N–H and O–H groups in total. The topological polar surface area (TPSA) is 68.9 Å². The molecule has 1 heterocycles. The highest BCUT2D eigenvalue weighted by atomic mass is 79.9. The summed E-state index contributed by atoms with van der Waals surface area (Å²) in [5.74, 6) is 0. The van der Waals surface area contributed by atoms with Gasteiger partial charge >= 0.3 is 0 Å². The second-order valence-electron chi connectivity index (χ2n) is 4.59. The summed E-state index contributed by atoms with van der Waals surface area (Å²) in [7, 11) is 0. The molecule has 0 saturated carbocycles. The summed E-state index contributed by atoms with van der Waals surface area (Å²) < 4.78 is 0.980. The number of rotatable bonds is 2. The van der Waals surface area contributed by atoms with Gasteiger partial charge < -0.3 is 0 Å². The standard InChI is InChI=1S/C15H10BrN3O2/c1-9-15(10-2-4-11(16)5-3-10)18-14-8-12(19(20)21)6-7-13(14)17-9/h2-8H,1H3. The molecule has 0 amide bonds. The molecule has 0 aliphatic heterocycles. The van der Waals surface area contributed by atoms with Crippen LogP contribution >= 0.6 is 15.9 Å². The molecular weight excluding hydrogens is 334 g/mol. The maximum Gasteiger partial charge on any atom is 0.271 e. The molecular formula is C15H10BrN3O2. The summed E-state index contributed by atoms with van der Waals surface area (Å²) in [5, 5.41) is 10.9. The molecule has 104 valence electrons. The fourth-order valence-corrected chi connectivity index (χ4v) is 2.39. The molecule has 1 aromatic heterocycles. The normalized spacial score (nSPS) is 10.8. The molecule has 3 rings (SSSR count). The molecule has 0 radical (unpaired) electrons. The number of aromatic nitrogens is 2. The van der Waals surface area contributed by atoms with E-state index in [9.17, 15) is 10.1 Å². The Morgan fingerprint density at radius 1 is 1.05 bits per heavy atom. The molecule has 0 bridgehead atoms. The van der Waals surface area contributed by atoms with Gasteiger partial charge in [0.25, 0.3) is 5.69 Å². The molecule has 0 spiro atoms. The molecule has 3 aromatic rings. The Bertz CT molecular complexity index is 847. The van der Waals surface area contributed by atoms with Crippen LogP contribution < -0.4 is 0 Å². The Hall–Kier alpha value is -2.34. The number of nitro benzene ring substituents is 1. The Morgan fingerprint density at radius 2 is 1.76 bits per heavy atom. The molecule has 2 aromatic carbocycles. The van der Waals surface area contributed by atoms with Gasteiger partial charge in [-0.1, -0.05) is 28.1 Å². The minimum absolute atomic E-state index is 0.0161. The van der Waals surface area contributed by atoms with Gasteiger partial charge in [-0.15, -0.1) is 0 Å². The first-order valence-electron chi connectivity index (χ1n) is 6.23. The zero-order chi connectivity index (χ0) is 15.0. The van der Waals surface area contributed by atoms with Crippen molar-refractivity contribution in [2.45, 2.75) is 6.92 Å². The lowest BCUT2D eigenvalue weighted by Crippen LogP contribution is -1.95. The molecule has 0 aliphatic carbocycles. The van der Waals surface area contributed by atoms with Crippen molar-refractivity contribution in [1.29, 1.82) is 0 Å². The number of non-ortho nitro benzene ring substituents is 1. The minimum atomic E-state index is -0.430. The van der Waals surface area contributed by atoms with Crippen LogP contribution in [0.3, 0.4) is 0 Å². The van der Waals surface area contributed by atoms with Crippen molar-refractivity contribution in [2.75, 3.05) is 0 Å². The van der Waals surface area contributed by atoms with Gasteiger partial charge in [0.15, 0.2) is 0 Å². The van der Waals surface area contributed by atoms with Gasteiger partial charge in [-0.25, -0.2) is 9.97 Å².